The SMILES string of the molecule is CC(=O)c1ccccc1NC(=O)[C@H](C)[NH+]1C[C@H](C)C[C@H](C)C1. The van der Waals surface area contributed by atoms with Gasteiger partial charge in [-0.05, 0) is 32.4 Å². The number of anilines is 1. The zero-order valence-corrected chi connectivity index (χ0v) is 14.0. The number of Topliss-reactive ketones (excluding diaryl/α,β-unsaturated/α-hetero) is 1. The number of nitrogens with one attached hydrogen (secondary N) is 2. The minimum absolute atomic E-state index is 0.00926. The molecular weight excluding hydrogens is 276 g/mol. The lowest BCUT2D eigenvalue weighted by Gasteiger charge is -2.35. The molecule has 0 spiro atoms. The first-order chi connectivity index (χ1) is 10.4. The van der Waals surface area contributed by atoms with E-state index in [1.54, 1.807) is 12.1 Å². The first-order valence-electron chi connectivity index (χ1n) is 8.14. The predicted molar refractivity (Wildman–Crippen MR) is 88.2 cm³/mol. The summed E-state index contributed by atoms with van der Waals surface area (Å²) in [6.45, 7) is 10.1. The summed E-state index contributed by atoms with van der Waals surface area (Å²) >= 11 is 0. The average molecular weight is 303 g/mol. The number of likely N-dealkylation sites (tertiary alicyclic amines) is 1. The van der Waals surface area contributed by atoms with Crippen LogP contribution in [0, 0.1) is 11.8 Å². The zero-order valence-electron chi connectivity index (χ0n) is 14.0. The summed E-state index contributed by atoms with van der Waals surface area (Å²) in [6, 6.07) is 7.09. The number of ketones is 1. The number of para-hydroxylation sites is 1. The van der Waals surface area contributed by atoms with E-state index in [2.05, 4.69) is 19.2 Å². The summed E-state index contributed by atoms with van der Waals surface area (Å²) in [5.41, 5.74) is 1.18. The van der Waals surface area contributed by atoms with Crippen molar-refractivity contribution in [3.8, 4) is 0 Å². The third kappa shape index (κ3) is 3.95. The second-order valence-corrected chi connectivity index (χ2v) is 6.83. The number of piperidine rings is 1. The Morgan fingerprint density at radius 2 is 1.77 bits per heavy atom. The number of quaternary nitrogens is 1. The maximum atomic E-state index is 12.6. The summed E-state index contributed by atoms with van der Waals surface area (Å²) in [5.74, 6) is 1.26. The van der Waals surface area contributed by atoms with Gasteiger partial charge in [0.2, 0.25) is 0 Å². The highest BCUT2D eigenvalue weighted by molar-refractivity contribution is 6.04. The van der Waals surface area contributed by atoms with Crippen LogP contribution in [0.2, 0.25) is 0 Å². The Morgan fingerprint density at radius 3 is 2.36 bits per heavy atom. The van der Waals surface area contributed by atoms with E-state index in [-0.39, 0.29) is 17.7 Å². The molecule has 0 aromatic heterocycles. The fraction of sp³-hybridized carbons (Fsp3) is 0.556. The second-order valence-electron chi connectivity index (χ2n) is 6.83. The van der Waals surface area contributed by atoms with Crippen LogP contribution < -0.4 is 10.2 Å². The maximum Gasteiger partial charge on any atom is 0.282 e. The van der Waals surface area contributed by atoms with Crippen molar-refractivity contribution in [2.45, 2.75) is 40.2 Å². The molecule has 1 amide bonds. The van der Waals surface area contributed by atoms with Crippen molar-refractivity contribution in [3.63, 3.8) is 0 Å². The van der Waals surface area contributed by atoms with Gasteiger partial charge >= 0.3 is 0 Å². The fourth-order valence-electron chi connectivity index (χ4n) is 3.51. The molecule has 1 fully saturated rings. The van der Waals surface area contributed by atoms with Gasteiger partial charge in [0, 0.05) is 17.4 Å². The van der Waals surface area contributed by atoms with Gasteiger partial charge in [-0.2, -0.15) is 0 Å². The van der Waals surface area contributed by atoms with Crippen molar-refractivity contribution in [3.05, 3.63) is 29.8 Å². The summed E-state index contributed by atoms with van der Waals surface area (Å²) in [4.78, 5) is 25.5. The molecule has 4 nitrogen and oxygen atoms in total. The summed E-state index contributed by atoms with van der Waals surface area (Å²) in [6.07, 6.45) is 1.24. The van der Waals surface area contributed by atoms with Crippen LogP contribution in [0.25, 0.3) is 0 Å². The van der Waals surface area contributed by atoms with Crippen molar-refractivity contribution in [1.29, 1.82) is 0 Å². The Hall–Kier alpha value is -1.68. The molecule has 4 heteroatoms. The molecule has 1 aliphatic rings. The Bertz CT molecular complexity index is 546. The maximum absolute atomic E-state index is 12.6. The molecule has 2 N–H and O–H groups in total. The van der Waals surface area contributed by atoms with Crippen molar-refractivity contribution in [1.82, 2.24) is 0 Å². The molecular formula is C18H27N2O2+. The molecule has 120 valence electrons. The topological polar surface area (TPSA) is 50.6 Å². The number of carbonyl (C=O) groups excluding carboxylic acids is 2. The lowest BCUT2D eigenvalue weighted by atomic mass is 9.91. The molecule has 22 heavy (non-hydrogen) atoms. The van der Waals surface area contributed by atoms with Crippen LogP contribution >= 0.6 is 0 Å². The van der Waals surface area contributed by atoms with Crippen LogP contribution in [-0.4, -0.2) is 30.8 Å². The highest BCUT2D eigenvalue weighted by atomic mass is 16.2. The number of amides is 1. The van der Waals surface area contributed by atoms with Crippen LogP contribution in [0.15, 0.2) is 24.3 Å². The molecule has 4 atom stereocenters. The van der Waals surface area contributed by atoms with Gasteiger partial charge < -0.3 is 10.2 Å². The van der Waals surface area contributed by atoms with Gasteiger partial charge in [-0.25, -0.2) is 0 Å². The molecule has 1 saturated heterocycles. The van der Waals surface area contributed by atoms with Crippen LogP contribution in [0.1, 0.15) is 44.5 Å². The van der Waals surface area contributed by atoms with Gasteiger partial charge in [0.25, 0.3) is 5.91 Å². The van der Waals surface area contributed by atoms with Crippen molar-refractivity contribution in [2.75, 3.05) is 18.4 Å². The van der Waals surface area contributed by atoms with E-state index in [0.717, 1.165) is 13.1 Å². The van der Waals surface area contributed by atoms with E-state index >= 15 is 0 Å². The fourth-order valence-corrected chi connectivity index (χ4v) is 3.51. The molecule has 0 aliphatic carbocycles. The predicted octanol–water partition coefficient (Wildman–Crippen LogP) is 1.78. The number of benzene rings is 1. The Balaban J connectivity index is 2.07. The molecule has 0 bridgehead atoms. The van der Waals surface area contributed by atoms with Crippen molar-refractivity contribution >= 4 is 17.4 Å². The van der Waals surface area contributed by atoms with Gasteiger partial charge in [0.15, 0.2) is 11.8 Å². The molecule has 1 aromatic rings. The molecule has 2 rings (SSSR count). The summed E-state index contributed by atoms with van der Waals surface area (Å²) < 4.78 is 0. The van der Waals surface area contributed by atoms with E-state index < -0.39 is 0 Å². The van der Waals surface area contributed by atoms with Crippen LogP contribution in [0.5, 0.6) is 0 Å². The van der Waals surface area contributed by atoms with Crippen LogP contribution in [-0.2, 0) is 4.79 Å². The Morgan fingerprint density at radius 1 is 1.18 bits per heavy atom. The van der Waals surface area contributed by atoms with E-state index in [9.17, 15) is 9.59 Å². The highest BCUT2D eigenvalue weighted by Gasteiger charge is 2.32. The van der Waals surface area contributed by atoms with E-state index in [1.165, 1.54) is 18.2 Å². The third-order valence-electron chi connectivity index (χ3n) is 4.60. The molecule has 0 radical (unpaired) electrons. The number of hydrogen-bond donors (Lipinski definition) is 2. The van der Waals surface area contributed by atoms with Gasteiger partial charge in [0.05, 0.1) is 18.8 Å². The van der Waals surface area contributed by atoms with E-state index in [0.29, 0.717) is 23.1 Å². The zero-order chi connectivity index (χ0) is 16.3. The summed E-state index contributed by atoms with van der Waals surface area (Å²) in [5, 5.41) is 2.94. The first-order valence-corrected chi connectivity index (χ1v) is 8.14. The summed E-state index contributed by atoms with van der Waals surface area (Å²) in [7, 11) is 0. The van der Waals surface area contributed by atoms with Crippen molar-refractivity contribution < 1.29 is 14.5 Å². The van der Waals surface area contributed by atoms with Gasteiger partial charge in [-0.1, -0.05) is 26.0 Å². The number of carbonyl (C=O) groups is 2. The molecule has 1 aliphatic heterocycles. The molecule has 1 heterocycles. The second kappa shape index (κ2) is 7.05. The van der Waals surface area contributed by atoms with Crippen LogP contribution in [0.3, 0.4) is 0 Å². The smallest absolute Gasteiger partial charge is 0.282 e. The Kier molecular flexibility index (Phi) is 5.35. The number of hydrogen-bond acceptors (Lipinski definition) is 2. The lowest BCUT2D eigenvalue weighted by molar-refractivity contribution is -0.925. The molecule has 1 unspecified atom stereocenters. The lowest BCUT2D eigenvalue weighted by Crippen LogP contribution is -3.18. The number of rotatable bonds is 4. The average Bonchev–Trinajstić information content (AvgIpc) is 2.45. The third-order valence-corrected chi connectivity index (χ3v) is 4.60. The van der Waals surface area contributed by atoms with Crippen LogP contribution in [0.4, 0.5) is 5.69 Å². The quantitative estimate of drug-likeness (QED) is 0.833. The minimum atomic E-state index is -0.106. The largest absolute Gasteiger partial charge is 0.324 e. The highest BCUT2D eigenvalue weighted by Crippen LogP contribution is 2.16. The molecule has 0 saturated carbocycles. The van der Waals surface area contributed by atoms with E-state index in [1.807, 2.05) is 19.1 Å². The van der Waals surface area contributed by atoms with Gasteiger partial charge in [0.1, 0.15) is 0 Å². The van der Waals surface area contributed by atoms with E-state index in [4.69, 9.17) is 0 Å². The monoisotopic (exact) mass is 303 g/mol. The van der Waals surface area contributed by atoms with Gasteiger partial charge in [-0.3, -0.25) is 9.59 Å². The van der Waals surface area contributed by atoms with Crippen molar-refractivity contribution in [2.24, 2.45) is 11.8 Å². The normalized spacial score (nSPS) is 26.3. The first kappa shape index (κ1) is 16.7. The minimum Gasteiger partial charge on any atom is -0.324 e. The molecule has 1 aromatic carbocycles. The standard InChI is InChI=1S/C18H26N2O2/c1-12-9-13(2)11-20(10-12)14(3)18(22)19-17-8-6-5-7-16(17)15(4)21/h5-8,12-14H,9-11H2,1-4H3,(H,19,22)/p+1/t12-,13+,14-/m0/s1. The Labute approximate surface area is 132 Å². The van der Waals surface area contributed by atoms with Gasteiger partial charge in [-0.15, -0.1) is 0 Å².